The number of methoxy groups -OCH3 is 1. The second-order valence-corrected chi connectivity index (χ2v) is 7.99. The Bertz CT molecular complexity index is 1100. The lowest BCUT2D eigenvalue weighted by molar-refractivity contribution is 0.415. The Hall–Kier alpha value is -2.49. The summed E-state index contributed by atoms with van der Waals surface area (Å²) in [6, 6.07) is 10.9. The Morgan fingerprint density at radius 2 is 2.04 bits per heavy atom. The van der Waals surface area contributed by atoms with Gasteiger partial charge < -0.3 is 9.64 Å². The van der Waals surface area contributed by atoms with Crippen molar-refractivity contribution in [2.75, 3.05) is 38.2 Å². The summed E-state index contributed by atoms with van der Waals surface area (Å²) in [4.78, 5) is 11.0. The minimum absolute atomic E-state index is 0.328. The third-order valence-electron chi connectivity index (χ3n) is 4.83. The van der Waals surface area contributed by atoms with Crippen LogP contribution in [0, 0.1) is 6.07 Å². The highest BCUT2D eigenvalue weighted by Gasteiger charge is 2.24. The summed E-state index contributed by atoms with van der Waals surface area (Å²) in [7, 11) is -2.05. The van der Waals surface area contributed by atoms with E-state index in [1.54, 1.807) is 7.11 Å². The molecule has 1 aliphatic heterocycles. The van der Waals surface area contributed by atoms with Gasteiger partial charge in [-0.2, -0.15) is 12.7 Å². The van der Waals surface area contributed by atoms with Crippen molar-refractivity contribution in [3.05, 3.63) is 36.7 Å². The highest BCUT2D eigenvalue weighted by molar-refractivity contribution is 7.86. The first-order valence-corrected chi connectivity index (χ1v) is 10.1. The molecular formula is C18H20N5O3S. The summed E-state index contributed by atoms with van der Waals surface area (Å²) in [6.07, 6.45) is 2.20. The van der Waals surface area contributed by atoms with Crippen LogP contribution < -0.4 is 14.8 Å². The van der Waals surface area contributed by atoms with Crippen LogP contribution in [0.2, 0.25) is 0 Å². The molecule has 1 aliphatic rings. The number of nitrogens with two attached hydrogens (primary N) is 1. The van der Waals surface area contributed by atoms with E-state index in [1.807, 2.05) is 24.3 Å². The molecule has 2 aromatic carbocycles. The van der Waals surface area contributed by atoms with E-state index in [4.69, 9.17) is 9.88 Å². The molecule has 0 saturated carbocycles. The number of nitrogens with zero attached hydrogens (tertiary/aromatic N) is 4. The Labute approximate surface area is 157 Å². The Kier molecular flexibility index (Phi) is 4.58. The SMILES string of the molecule is COc1ccc2c([c]cc3ncnc(N4CCCN(S(N)(=O)=O)CC4)c32)c1. The molecule has 0 atom stereocenters. The van der Waals surface area contributed by atoms with Crippen molar-refractivity contribution in [1.82, 2.24) is 14.3 Å². The van der Waals surface area contributed by atoms with Crippen molar-refractivity contribution in [3.8, 4) is 5.75 Å². The summed E-state index contributed by atoms with van der Waals surface area (Å²) in [5.41, 5.74) is 0.796. The van der Waals surface area contributed by atoms with Gasteiger partial charge in [0.15, 0.2) is 0 Å². The molecule has 1 saturated heterocycles. The lowest BCUT2D eigenvalue weighted by Gasteiger charge is -2.23. The summed E-state index contributed by atoms with van der Waals surface area (Å²) in [5.74, 6) is 1.55. The van der Waals surface area contributed by atoms with E-state index in [0.717, 1.165) is 33.2 Å². The maximum absolute atomic E-state index is 11.7. The van der Waals surface area contributed by atoms with Crippen LogP contribution in [0.25, 0.3) is 21.7 Å². The average molecular weight is 386 g/mol. The van der Waals surface area contributed by atoms with Crippen LogP contribution in [-0.2, 0) is 10.2 Å². The highest BCUT2D eigenvalue weighted by atomic mass is 32.2. The Balaban J connectivity index is 1.80. The molecule has 8 nitrogen and oxygen atoms in total. The van der Waals surface area contributed by atoms with Crippen LogP contribution in [0.3, 0.4) is 0 Å². The first kappa shape index (κ1) is 17.9. The number of hydrogen-bond acceptors (Lipinski definition) is 6. The summed E-state index contributed by atoms with van der Waals surface area (Å²) < 4.78 is 30.0. The van der Waals surface area contributed by atoms with E-state index >= 15 is 0 Å². The fraction of sp³-hybridized carbons (Fsp3) is 0.333. The van der Waals surface area contributed by atoms with Gasteiger partial charge in [0.25, 0.3) is 10.2 Å². The van der Waals surface area contributed by atoms with Gasteiger partial charge >= 0.3 is 0 Å². The highest BCUT2D eigenvalue weighted by Crippen LogP contribution is 2.32. The van der Waals surface area contributed by atoms with Crippen molar-refractivity contribution < 1.29 is 13.2 Å². The molecule has 3 aromatic rings. The molecule has 0 unspecified atom stereocenters. The number of aromatic nitrogens is 2. The number of benzene rings is 2. The van der Waals surface area contributed by atoms with Gasteiger partial charge in [-0.15, -0.1) is 0 Å². The molecule has 0 aliphatic carbocycles. The predicted molar refractivity (Wildman–Crippen MR) is 104 cm³/mol. The number of fused-ring (bicyclic) bond motifs is 3. The van der Waals surface area contributed by atoms with E-state index in [0.29, 0.717) is 32.6 Å². The van der Waals surface area contributed by atoms with Gasteiger partial charge in [-0.1, -0.05) is 0 Å². The molecule has 0 bridgehead atoms. The molecule has 0 amide bonds. The standard InChI is InChI=1S/C18H20N5O3S/c1-26-14-4-5-15-13(11-14)3-6-16-17(15)18(21-12-20-16)22-7-2-8-23(10-9-22)27(19,24)25/h4-6,11-12H,2,7-10H2,1H3,(H2,19,24,25). The topological polar surface area (TPSA) is 102 Å². The van der Waals surface area contributed by atoms with Gasteiger partial charge in [0.1, 0.15) is 17.9 Å². The zero-order chi connectivity index (χ0) is 19.0. The van der Waals surface area contributed by atoms with E-state index in [9.17, 15) is 8.42 Å². The molecular weight excluding hydrogens is 366 g/mol. The lowest BCUT2D eigenvalue weighted by Crippen LogP contribution is -2.39. The molecule has 9 heteroatoms. The molecule has 1 aromatic heterocycles. The average Bonchev–Trinajstić information content (AvgIpc) is 2.93. The molecule has 1 radical (unpaired) electrons. The third-order valence-corrected chi connectivity index (χ3v) is 5.92. The van der Waals surface area contributed by atoms with Gasteiger partial charge in [-0.05, 0) is 47.5 Å². The van der Waals surface area contributed by atoms with Crippen LogP contribution in [0.5, 0.6) is 5.75 Å². The van der Waals surface area contributed by atoms with Crippen molar-refractivity contribution in [2.24, 2.45) is 5.14 Å². The monoisotopic (exact) mass is 386 g/mol. The second-order valence-electron chi connectivity index (χ2n) is 6.44. The minimum atomic E-state index is -3.68. The van der Waals surface area contributed by atoms with Crippen molar-refractivity contribution in [2.45, 2.75) is 6.42 Å². The van der Waals surface area contributed by atoms with Gasteiger partial charge in [-0.3, -0.25) is 0 Å². The maximum atomic E-state index is 11.7. The fourth-order valence-electron chi connectivity index (χ4n) is 3.49. The molecule has 0 spiro atoms. The lowest BCUT2D eigenvalue weighted by atomic mass is 10.0. The fourth-order valence-corrected chi connectivity index (χ4v) is 4.21. The van der Waals surface area contributed by atoms with Crippen LogP contribution in [0.4, 0.5) is 5.82 Å². The zero-order valence-corrected chi connectivity index (χ0v) is 15.7. The smallest absolute Gasteiger partial charge is 0.276 e. The van der Waals surface area contributed by atoms with E-state index < -0.39 is 10.2 Å². The van der Waals surface area contributed by atoms with Crippen molar-refractivity contribution in [3.63, 3.8) is 0 Å². The van der Waals surface area contributed by atoms with Crippen LogP contribution in [0.1, 0.15) is 6.42 Å². The van der Waals surface area contributed by atoms with Gasteiger partial charge in [0, 0.05) is 26.2 Å². The van der Waals surface area contributed by atoms with Gasteiger partial charge in [0.05, 0.1) is 18.0 Å². The number of rotatable bonds is 3. The number of anilines is 1. The normalized spacial score (nSPS) is 16.6. The third kappa shape index (κ3) is 3.41. The van der Waals surface area contributed by atoms with Crippen LogP contribution in [-0.4, -0.2) is 56.0 Å². The summed E-state index contributed by atoms with van der Waals surface area (Å²) in [5, 5.41) is 8.12. The van der Waals surface area contributed by atoms with E-state index in [-0.39, 0.29) is 0 Å². The largest absolute Gasteiger partial charge is 0.497 e. The first-order chi connectivity index (χ1) is 13.0. The van der Waals surface area contributed by atoms with Crippen molar-refractivity contribution >= 4 is 37.7 Å². The maximum Gasteiger partial charge on any atom is 0.276 e. The predicted octanol–water partition coefficient (Wildman–Crippen LogP) is 1.31. The number of ether oxygens (including phenoxy) is 1. The zero-order valence-electron chi connectivity index (χ0n) is 14.9. The van der Waals surface area contributed by atoms with Crippen LogP contribution >= 0.6 is 0 Å². The number of hydrogen-bond donors (Lipinski definition) is 1. The Morgan fingerprint density at radius 3 is 2.81 bits per heavy atom. The second kappa shape index (κ2) is 6.91. The van der Waals surface area contributed by atoms with E-state index in [2.05, 4.69) is 20.9 Å². The minimum Gasteiger partial charge on any atom is -0.497 e. The molecule has 2 heterocycles. The molecule has 1 fully saturated rings. The van der Waals surface area contributed by atoms with E-state index in [1.165, 1.54) is 10.6 Å². The summed E-state index contributed by atoms with van der Waals surface area (Å²) in [6.45, 7) is 1.94. The van der Waals surface area contributed by atoms with Gasteiger partial charge in [0.2, 0.25) is 0 Å². The molecule has 2 N–H and O–H groups in total. The van der Waals surface area contributed by atoms with Crippen molar-refractivity contribution in [1.29, 1.82) is 0 Å². The first-order valence-electron chi connectivity index (χ1n) is 8.63. The van der Waals surface area contributed by atoms with Crippen LogP contribution in [0.15, 0.2) is 30.6 Å². The Morgan fingerprint density at radius 1 is 1.19 bits per heavy atom. The molecule has 4 rings (SSSR count). The van der Waals surface area contributed by atoms with Gasteiger partial charge in [-0.25, -0.2) is 15.1 Å². The summed E-state index contributed by atoms with van der Waals surface area (Å²) >= 11 is 0. The quantitative estimate of drug-likeness (QED) is 0.681. The molecule has 27 heavy (non-hydrogen) atoms. The molecule has 141 valence electrons.